The third-order valence-electron chi connectivity index (χ3n) is 6.64. The summed E-state index contributed by atoms with van der Waals surface area (Å²) in [6, 6.07) is 22.4. The molecule has 0 bridgehead atoms. The molecule has 0 N–H and O–H groups in total. The SMILES string of the molecule is c1ccc(-c2c(CN3CCCCC3)c(CN3CCOCC3)cc3ccccc23)cc1. The third kappa shape index (κ3) is 4.29. The highest BCUT2D eigenvalue weighted by Gasteiger charge is 2.21. The minimum absolute atomic E-state index is 0.848. The Morgan fingerprint density at radius 3 is 2.20 bits per heavy atom. The molecule has 2 heterocycles. The van der Waals surface area contributed by atoms with Gasteiger partial charge in [0.25, 0.3) is 0 Å². The first kappa shape index (κ1) is 19.7. The molecule has 0 spiro atoms. The minimum atomic E-state index is 0.848. The maximum absolute atomic E-state index is 5.60. The first-order valence-corrected chi connectivity index (χ1v) is 11.5. The average molecular weight is 401 g/mol. The van der Waals surface area contributed by atoms with E-state index in [9.17, 15) is 0 Å². The standard InChI is InChI=1S/C27H32N2O/c1-3-9-22(10-4-1)27-25-12-6-5-11-23(25)19-24(20-29-15-17-30-18-16-29)26(27)21-28-13-7-2-8-14-28/h1,3-6,9-12,19H,2,7-8,13-18,20-21H2. The number of ether oxygens (including phenoxy) is 1. The number of morpholine rings is 1. The number of hydrogen-bond acceptors (Lipinski definition) is 3. The van der Waals surface area contributed by atoms with E-state index in [-0.39, 0.29) is 0 Å². The van der Waals surface area contributed by atoms with Gasteiger partial charge in [0.05, 0.1) is 13.2 Å². The first-order chi connectivity index (χ1) is 14.9. The Balaban J connectivity index is 1.64. The molecular formula is C27H32N2O. The quantitative estimate of drug-likeness (QED) is 0.576. The Hall–Kier alpha value is -2.20. The molecule has 2 aliphatic heterocycles. The van der Waals surface area contributed by atoms with Gasteiger partial charge in [-0.1, -0.05) is 61.0 Å². The van der Waals surface area contributed by atoms with Gasteiger partial charge in [0, 0.05) is 26.2 Å². The Bertz CT molecular complexity index is 973. The summed E-state index contributed by atoms with van der Waals surface area (Å²) >= 11 is 0. The van der Waals surface area contributed by atoms with Crippen LogP contribution in [0.5, 0.6) is 0 Å². The molecule has 0 amide bonds. The van der Waals surface area contributed by atoms with Gasteiger partial charge in [-0.15, -0.1) is 0 Å². The Morgan fingerprint density at radius 2 is 1.40 bits per heavy atom. The van der Waals surface area contributed by atoms with Gasteiger partial charge in [0.1, 0.15) is 0 Å². The molecule has 0 saturated carbocycles. The van der Waals surface area contributed by atoms with Crippen molar-refractivity contribution in [2.24, 2.45) is 0 Å². The Kier molecular flexibility index (Phi) is 6.12. The number of fused-ring (bicyclic) bond motifs is 1. The lowest BCUT2D eigenvalue weighted by Crippen LogP contribution is -2.36. The second-order valence-corrected chi connectivity index (χ2v) is 8.70. The number of nitrogens with zero attached hydrogens (tertiary/aromatic N) is 2. The van der Waals surface area contributed by atoms with E-state index in [1.54, 1.807) is 0 Å². The monoisotopic (exact) mass is 400 g/mol. The fourth-order valence-electron chi connectivity index (χ4n) is 5.05. The van der Waals surface area contributed by atoms with Gasteiger partial charge in [-0.3, -0.25) is 9.80 Å². The van der Waals surface area contributed by atoms with E-state index in [2.05, 4.69) is 70.5 Å². The average Bonchev–Trinajstić information content (AvgIpc) is 2.81. The van der Waals surface area contributed by atoms with E-state index in [4.69, 9.17) is 4.74 Å². The molecule has 3 heteroatoms. The molecular weight excluding hydrogens is 368 g/mol. The van der Waals surface area contributed by atoms with Crippen molar-refractivity contribution in [3.8, 4) is 11.1 Å². The lowest BCUT2D eigenvalue weighted by Gasteiger charge is -2.31. The van der Waals surface area contributed by atoms with Crippen molar-refractivity contribution in [2.45, 2.75) is 32.4 Å². The van der Waals surface area contributed by atoms with Crippen LogP contribution in [0.3, 0.4) is 0 Å². The topological polar surface area (TPSA) is 15.7 Å². The van der Waals surface area contributed by atoms with E-state index < -0.39 is 0 Å². The Labute approximate surface area is 180 Å². The van der Waals surface area contributed by atoms with Crippen LogP contribution in [-0.4, -0.2) is 49.2 Å². The summed E-state index contributed by atoms with van der Waals surface area (Å²) in [4.78, 5) is 5.23. The van der Waals surface area contributed by atoms with E-state index in [0.717, 1.165) is 39.4 Å². The second kappa shape index (κ2) is 9.30. The number of hydrogen-bond donors (Lipinski definition) is 0. The van der Waals surface area contributed by atoms with Gasteiger partial charge in [-0.05, 0) is 65.0 Å². The molecule has 0 atom stereocenters. The van der Waals surface area contributed by atoms with Crippen molar-refractivity contribution >= 4 is 10.8 Å². The molecule has 2 fully saturated rings. The zero-order valence-corrected chi connectivity index (χ0v) is 17.9. The molecule has 2 saturated heterocycles. The molecule has 0 unspecified atom stereocenters. The fraction of sp³-hybridized carbons (Fsp3) is 0.407. The second-order valence-electron chi connectivity index (χ2n) is 8.70. The maximum atomic E-state index is 5.60. The molecule has 156 valence electrons. The van der Waals surface area contributed by atoms with Crippen LogP contribution in [0.4, 0.5) is 0 Å². The van der Waals surface area contributed by atoms with Crippen LogP contribution in [0.15, 0.2) is 60.7 Å². The van der Waals surface area contributed by atoms with E-state index in [1.165, 1.54) is 65.4 Å². The molecule has 30 heavy (non-hydrogen) atoms. The van der Waals surface area contributed by atoms with Crippen molar-refractivity contribution in [1.29, 1.82) is 0 Å². The van der Waals surface area contributed by atoms with Crippen molar-refractivity contribution < 1.29 is 4.74 Å². The number of likely N-dealkylation sites (tertiary alicyclic amines) is 1. The fourth-order valence-corrected chi connectivity index (χ4v) is 5.05. The zero-order valence-electron chi connectivity index (χ0n) is 17.9. The highest BCUT2D eigenvalue weighted by atomic mass is 16.5. The van der Waals surface area contributed by atoms with Crippen molar-refractivity contribution in [1.82, 2.24) is 9.80 Å². The van der Waals surface area contributed by atoms with Gasteiger partial charge in [0.2, 0.25) is 0 Å². The lowest BCUT2D eigenvalue weighted by atomic mass is 9.88. The Morgan fingerprint density at radius 1 is 0.700 bits per heavy atom. The van der Waals surface area contributed by atoms with Crippen molar-refractivity contribution in [3.05, 3.63) is 71.8 Å². The predicted molar refractivity (Wildman–Crippen MR) is 125 cm³/mol. The molecule has 5 rings (SSSR count). The van der Waals surface area contributed by atoms with Crippen LogP contribution >= 0.6 is 0 Å². The van der Waals surface area contributed by atoms with Crippen molar-refractivity contribution in [2.75, 3.05) is 39.4 Å². The summed E-state index contributed by atoms with van der Waals surface area (Å²) in [5.41, 5.74) is 5.78. The number of benzene rings is 3. The molecule has 2 aliphatic rings. The van der Waals surface area contributed by atoms with E-state index in [1.807, 2.05) is 0 Å². The van der Waals surface area contributed by atoms with Crippen LogP contribution < -0.4 is 0 Å². The third-order valence-corrected chi connectivity index (χ3v) is 6.64. The van der Waals surface area contributed by atoms with Crippen LogP contribution in [0.25, 0.3) is 21.9 Å². The lowest BCUT2D eigenvalue weighted by molar-refractivity contribution is 0.0340. The van der Waals surface area contributed by atoms with Gasteiger partial charge < -0.3 is 4.74 Å². The van der Waals surface area contributed by atoms with Crippen LogP contribution in [-0.2, 0) is 17.8 Å². The number of piperidine rings is 1. The van der Waals surface area contributed by atoms with Gasteiger partial charge >= 0.3 is 0 Å². The van der Waals surface area contributed by atoms with E-state index in [0.29, 0.717) is 0 Å². The molecule has 3 aromatic rings. The van der Waals surface area contributed by atoms with E-state index >= 15 is 0 Å². The van der Waals surface area contributed by atoms with Gasteiger partial charge in [0.15, 0.2) is 0 Å². The maximum Gasteiger partial charge on any atom is 0.0594 e. The molecule has 3 nitrogen and oxygen atoms in total. The minimum Gasteiger partial charge on any atom is -0.379 e. The van der Waals surface area contributed by atoms with Gasteiger partial charge in [-0.25, -0.2) is 0 Å². The molecule has 0 aromatic heterocycles. The van der Waals surface area contributed by atoms with Crippen LogP contribution in [0.1, 0.15) is 30.4 Å². The normalized spacial score (nSPS) is 18.7. The summed E-state index contributed by atoms with van der Waals surface area (Å²) in [6.07, 6.45) is 4.03. The molecule has 0 radical (unpaired) electrons. The van der Waals surface area contributed by atoms with Crippen LogP contribution in [0.2, 0.25) is 0 Å². The first-order valence-electron chi connectivity index (χ1n) is 11.5. The van der Waals surface area contributed by atoms with Crippen LogP contribution in [0, 0.1) is 0 Å². The summed E-state index contributed by atoms with van der Waals surface area (Å²) in [6.45, 7) is 8.25. The highest BCUT2D eigenvalue weighted by molar-refractivity contribution is 5.99. The zero-order chi connectivity index (χ0) is 20.2. The van der Waals surface area contributed by atoms with Gasteiger partial charge in [-0.2, -0.15) is 0 Å². The number of rotatable bonds is 5. The smallest absolute Gasteiger partial charge is 0.0594 e. The summed E-state index contributed by atoms with van der Waals surface area (Å²) in [7, 11) is 0. The summed E-state index contributed by atoms with van der Waals surface area (Å²) in [5, 5.41) is 2.73. The largest absolute Gasteiger partial charge is 0.379 e. The predicted octanol–water partition coefficient (Wildman–Crippen LogP) is 5.32. The molecule has 0 aliphatic carbocycles. The summed E-state index contributed by atoms with van der Waals surface area (Å²) in [5.74, 6) is 0. The summed E-state index contributed by atoms with van der Waals surface area (Å²) < 4.78 is 5.60. The molecule has 3 aromatic carbocycles. The van der Waals surface area contributed by atoms with Crippen molar-refractivity contribution in [3.63, 3.8) is 0 Å². The highest BCUT2D eigenvalue weighted by Crippen LogP contribution is 2.36.